The Morgan fingerprint density at radius 1 is 0.960 bits per heavy atom. The number of H-pyrrole nitrogens is 1. The van der Waals surface area contributed by atoms with E-state index in [-0.39, 0.29) is 83.0 Å². The molecule has 7 atom stereocenters. The molecule has 1 aromatic heterocycles. The summed E-state index contributed by atoms with van der Waals surface area (Å²) in [5.74, 6) is -2.17. The first kappa shape index (κ1) is 34.0. The monoisotopic (exact) mass is 719 g/mol. The van der Waals surface area contributed by atoms with Crippen LogP contribution in [0.4, 0.5) is 5.69 Å². The molecule has 3 aromatic rings. The number of hydrogen-bond acceptors (Lipinski definition) is 10. The van der Waals surface area contributed by atoms with Gasteiger partial charge in [0.05, 0.1) is 29.0 Å². The van der Waals surface area contributed by atoms with Crippen LogP contribution in [0.2, 0.25) is 0 Å². The van der Waals surface area contributed by atoms with Gasteiger partial charge in [-0.05, 0) is 85.9 Å². The summed E-state index contributed by atoms with van der Waals surface area (Å²) in [7, 11) is 0. The van der Waals surface area contributed by atoms with Gasteiger partial charge in [0.25, 0.3) is 5.91 Å². The lowest BCUT2D eigenvalue weighted by molar-refractivity contribution is -0.141. The van der Waals surface area contributed by atoms with Gasteiger partial charge >= 0.3 is 16.8 Å². The summed E-state index contributed by atoms with van der Waals surface area (Å²) in [5, 5.41) is 12.6. The molecular weight excluding hydrogens is 683 g/mol. The SMILES string of the molecule is CCOC(=O)c1ccc(NC(=O)COc2ccc([C@H]3c4sc(=O)[nH]c4SC4C5CC(C6C(=O)N(CCCCCC(=O)O)C(=O)C56)C43)cc2)cc1. The average molecular weight is 720 g/mol. The molecule has 4 aliphatic rings. The Balaban J connectivity index is 1.03. The number of anilines is 1. The second-order valence-corrected chi connectivity index (χ2v) is 15.4. The van der Waals surface area contributed by atoms with Gasteiger partial charge in [0.2, 0.25) is 11.8 Å². The molecular formula is C36H37N3O9S2. The Kier molecular flexibility index (Phi) is 9.57. The van der Waals surface area contributed by atoms with E-state index >= 15 is 0 Å². The highest BCUT2D eigenvalue weighted by atomic mass is 32.2. The number of carboxylic acids is 1. The number of amides is 3. The van der Waals surface area contributed by atoms with Crippen molar-refractivity contribution in [3.8, 4) is 5.75 Å². The molecule has 1 saturated heterocycles. The van der Waals surface area contributed by atoms with Gasteiger partial charge in [-0.15, -0.1) is 11.8 Å². The number of thiazole rings is 1. The second-order valence-electron chi connectivity index (χ2n) is 13.2. The number of esters is 1. The second kappa shape index (κ2) is 14.1. The molecule has 0 radical (unpaired) electrons. The lowest BCUT2D eigenvalue weighted by Gasteiger charge is -2.43. The van der Waals surface area contributed by atoms with Crippen molar-refractivity contribution in [2.45, 2.75) is 55.2 Å². The molecule has 12 nitrogen and oxygen atoms in total. The number of aromatic amines is 1. The topological polar surface area (TPSA) is 172 Å². The van der Waals surface area contributed by atoms with Gasteiger partial charge in [0.15, 0.2) is 6.61 Å². The number of ether oxygens (including phenoxy) is 2. The zero-order valence-electron chi connectivity index (χ0n) is 27.3. The number of likely N-dealkylation sites (tertiary alicyclic amines) is 1. The Labute approximate surface area is 295 Å². The summed E-state index contributed by atoms with van der Waals surface area (Å²) in [5.41, 5.74) is 1.88. The Morgan fingerprint density at radius 2 is 1.68 bits per heavy atom. The van der Waals surface area contributed by atoms with Crippen LogP contribution in [-0.4, -0.2) is 69.7 Å². The van der Waals surface area contributed by atoms with Crippen molar-refractivity contribution in [2.24, 2.45) is 29.6 Å². The fraction of sp³-hybridized carbons (Fsp3) is 0.444. The molecule has 50 heavy (non-hydrogen) atoms. The molecule has 3 amide bonds. The van der Waals surface area contributed by atoms with Crippen molar-refractivity contribution >= 4 is 58.4 Å². The van der Waals surface area contributed by atoms with Crippen molar-refractivity contribution in [1.82, 2.24) is 9.88 Å². The summed E-state index contributed by atoms with van der Waals surface area (Å²) >= 11 is 2.83. The van der Waals surface area contributed by atoms with Crippen molar-refractivity contribution < 1.29 is 38.6 Å². The minimum Gasteiger partial charge on any atom is -0.484 e. The number of fused-ring (bicyclic) bond motifs is 9. The van der Waals surface area contributed by atoms with Gasteiger partial charge in [0, 0.05) is 34.7 Å². The number of unbranched alkanes of at least 4 members (excludes halogenated alkanes) is 2. The highest BCUT2D eigenvalue weighted by Gasteiger charge is 2.69. The van der Waals surface area contributed by atoms with E-state index in [1.54, 1.807) is 55.1 Å². The summed E-state index contributed by atoms with van der Waals surface area (Å²) < 4.78 is 10.8. The number of aromatic nitrogens is 1. The van der Waals surface area contributed by atoms with Crippen LogP contribution >= 0.6 is 23.1 Å². The lowest BCUT2D eigenvalue weighted by atomic mass is 9.68. The van der Waals surface area contributed by atoms with E-state index in [9.17, 15) is 28.8 Å². The molecule has 6 unspecified atom stereocenters. The van der Waals surface area contributed by atoms with Crippen molar-refractivity contribution in [2.75, 3.05) is 25.1 Å². The number of carbonyl (C=O) groups is 5. The smallest absolute Gasteiger partial charge is 0.338 e. The number of nitrogens with one attached hydrogen (secondary N) is 2. The quantitative estimate of drug-likeness (QED) is 0.127. The van der Waals surface area contributed by atoms with E-state index in [0.29, 0.717) is 42.8 Å². The molecule has 2 bridgehead atoms. The number of benzene rings is 2. The van der Waals surface area contributed by atoms with Gasteiger partial charge in [0.1, 0.15) is 5.75 Å². The van der Waals surface area contributed by atoms with Crippen molar-refractivity contribution in [1.29, 1.82) is 0 Å². The zero-order chi connectivity index (χ0) is 35.1. The lowest BCUT2D eigenvalue weighted by Crippen LogP contribution is -2.42. The largest absolute Gasteiger partial charge is 0.484 e. The highest BCUT2D eigenvalue weighted by molar-refractivity contribution is 8.00. The molecule has 3 fully saturated rings. The van der Waals surface area contributed by atoms with E-state index in [4.69, 9.17) is 14.6 Å². The van der Waals surface area contributed by atoms with Crippen molar-refractivity contribution in [3.63, 3.8) is 0 Å². The maximum Gasteiger partial charge on any atom is 0.338 e. The number of thioether (sulfide) groups is 1. The first-order valence-corrected chi connectivity index (χ1v) is 18.6. The van der Waals surface area contributed by atoms with E-state index < -0.39 is 11.9 Å². The van der Waals surface area contributed by atoms with Crippen LogP contribution in [-0.2, 0) is 23.9 Å². The fourth-order valence-corrected chi connectivity index (χ4v) is 11.3. The van der Waals surface area contributed by atoms with Crippen LogP contribution in [0, 0.1) is 29.6 Å². The molecule has 2 aliphatic heterocycles. The number of hydrogen-bond donors (Lipinski definition) is 3. The summed E-state index contributed by atoms with van der Waals surface area (Å²) in [6, 6.07) is 13.9. The summed E-state index contributed by atoms with van der Waals surface area (Å²) in [6.07, 6.45) is 2.60. The third-order valence-corrected chi connectivity index (χ3v) is 13.0. The predicted molar refractivity (Wildman–Crippen MR) is 184 cm³/mol. The van der Waals surface area contributed by atoms with Gasteiger partial charge in [-0.2, -0.15) is 0 Å². The van der Waals surface area contributed by atoms with Crippen LogP contribution in [0.25, 0.3) is 0 Å². The summed E-state index contributed by atoms with van der Waals surface area (Å²) in [6.45, 7) is 2.09. The molecule has 3 N–H and O–H groups in total. The van der Waals surface area contributed by atoms with Gasteiger partial charge in [-0.25, -0.2) is 4.79 Å². The number of aliphatic carboxylic acids is 1. The molecule has 262 valence electrons. The van der Waals surface area contributed by atoms with E-state index in [1.807, 2.05) is 12.1 Å². The van der Waals surface area contributed by atoms with E-state index in [2.05, 4.69) is 10.3 Å². The minimum atomic E-state index is -0.851. The molecule has 2 saturated carbocycles. The molecule has 3 heterocycles. The normalized spacial score (nSPS) is 25.9. The molecule has 14 heteroatoms. The Hall–Kier alpha value is -4.43. The Bertz CT molecular complexity index is 1870. The first-order chi connectivity index (χ1) is 24.1. The van der Waals surface area contributed by atoms with Gasteiger partial charge in [-0.3, -0.25) is 28.9 Å². The number of imide groups is 1. The van der Waals surface area contributed by atoms with E-state index in [0.717, 1.165) is 21.9 Å². The number of carbonyl (C=O) groups excluding carboxylic acids is 4. The predicted octanol–water partition coefficient (Wildman–Crippen LogP) is 4.75. The molecule has 0 spiro atoms. The number of rotatable bonds is 13. The molecule has 7 rings (SSSR count). The van der Waals surface area contributed by atoms with Crippen LogP contribution in [0.1, 0.15) is 65.7 Å². The van der Waals surface area contributed by atoms with E-state index in [1.165, 1.54) is 16.2 Å². The maximum atomic E-state index is 13.8. The van der Waals surface area contributed by atoms with Gasteiger partial charge in [-0.1, -0.05) is 29.9 Å². The third kappa shape index (κ3) is 6.34. The zero-order valence-corrected chi connectivity index (χ0v) is 28.9. The minimum absolute atomic E-state index is 0.00251. The average Bonchev–Trinajstić information content (AvgIpc) is 3.83. The first-order valence-electron chi connectivity index (χ1n) is 16.9. The van der Waals surface area contributed by atoms with Gasteiger partial charge < -0.3 is 24.9 Å². The standard InChI is InChI=1S/C36H37N3O9S2/c1-2-47-35(45)19-7-11-20(12-8-19)37-24(40)17-48-21-13-9-18(10-14-21)26-27-22-16-23(30(27)49-32-31(26)50-36(46)38-32)29-28(22)33(43)39(34(29)44)15-5-3-4-6-25(41)42/h7-14,22-23,26-30H,2-6,15-17H2,1H3,(H,37,40)(H,38,46)(H,41,42)/t22?,23?,26-,27?,28?,29?,30?/m1/s1. The number of nitrogens with zero attached hydrogens (tertiary/aromatic N) is 1. The third-order valence-electron chi connectivity index (χ3n) is 10.4. The van der Waals surface area contributed by atoms with Crippen molar-refractivity contribution in [3.05, 3.63) is 74.2 Å². The van der Waals surface area contributed by atoms with Crippen LogP contribution < -0.4 is 14.9 Å². The highest BCUT2D eigenvalue weighted by Crippen LogP contribution is 2.68. The number of carboxylic acid groups (broad SMARTS) is 1. The molecule has 2 aromatic carbocycles. The Morgan fingerprint density at radius 3 is 2.38 bits per heavy atom. The van der Waals surface area contributed by atoms with Crippen LogP contribution in [0.5, 0.6) is 5.75 Å². The van der Waals surface area contributed by atoms with Crippen LogP contribution in [0.15, 0.2) is 58.4 Å². The van der Waals surface area contributed by atoms with Crippen LogP contribution in [0.3, 0.4) is 0 Å². The summed E-state index contributed by atoms with van der Waals surface area (Å²) in [4.78, 5) is 80.6. The maximum absolute atomic E-state index is 13.8. The molecule has 2 aliphatic carbocycles. The fourth-order valence-electron chi connectivity index (χ4n) is 8.42.